The van der Waals surface area contributed by atoms with Crippen LogP contribution >= 0.6 is 11.8 Å². The number of hydrogen-bond donors (Lipinski definition) is 1. The first-order valence-corrected chi connectivity index (χ1v) is 11.8. The van der Waals surface area contributed by atoms with Gasteiger partial charge in [-0.05, 0) is 67.3 Å². The molecule has 3 amide bonds. The maximum atomic E-state index is 12.8. The summed E-state index contributed by atoms with van der Waals surface area (Å²) in [6.07, 6.45) is 4.55. The molecule has 0 spiro atoms. The smallest absolute Gasteiger partial charge is 0.294 e. The Morgan fingerprint density at radius 2 is 1.88 bits per heavy atom. The number of nitro groups is 1. The van der Waals surface area contributed by atoms with Gasteiger partial charge in [0.1, 0.15) is 12.2 Å². The van der Waals surface area contributed by atoms with Crippen molar-refractivity contribution in [1.82, 2.24) is 4.90 Å². The van der Waals surface area contributed by atoms with E-state index in [2.05, 4.69) is 5.32 Å². The van der Waals surface area contributed by atoms with Crippen LogP contribution in [0, 0.1) is 17.0 Å². The van der Waals surface area contributed by atoms with Crippen molar-refractivity contribution in [3.05, 3.63) is 68.6 Å². The van der Waals surface area contributed by atoms with Crippen molar-refractivity contribution in [2.45, 2.75) is 26.2 Å². The van der Waals surface area contributed by atoms with Crippen molar-refractivity contribution in [2.24, 2.45) is 0 Å². The van der Waals surface area contributed by atoms with Crippen molar-refractivity contribution in [2.75, 3.05) is 29.9 Å². The normalized spacial score (nSPS) is 17.4. The Labute approximate surface area is 200 Å². The number of benzene rings is 2. The predicted octanol–water partition coefficient (Wildman–Crippen LogP) is 4.57. The molecular weight excluding hydrogens is 456 g/mol. The number of piperidine rings is 1. The topological polar surface area (TPSA) is 113 Å². The summed E-state index contributed by atoms with van der Waals surface area (Å²) in [7, 11) is 0. The maximum Gasteiger partial charge on any atom is 0.294 e. The molecule has 0 radical (unpaired) electrons. The van der Waals surface area contributed by atoms with E-state index in [4.69, 9.17) is 0 Å². The van der Waals surface area contributed by atoms with Crippen LogP contribution in [-0.4, -0.2) is 46.5 Å². The largest absolute Gasteiger partial charge is 0.366 e. The summed E-state index contributed by atoms with van der Waals surface area (Å²) in [6.45, 7) is 2.96. The first-order valence-electron chi connectivity index (χ1n) is 11.0. The minimum absolute atomic E-state index is 0.0347. The molecule has 1 N–H and O–H groups in total. The fraction of sp³-hybridized carbons (Fsp3) is 0.292. The van der Waals surface area contributed by atoms with E-state index in [0.29, 0.717) is 28.7 Å². The lowest BCUT2D eigenvalue weighted by atomic mass is 10.1. The zero-order chi connectivity index (χ0) is 24.2. The average molecular weight is 481 g/mol. The van der Waals surface area contributed by atoms with E-state index >= 15 is 0 Å². The van der Waals surface area contributed by atoms with Gasteiger partial charge in [-0.25, -0.2) is 0 Å². The van der Waals surface area contributed by atoms with Crippen LogP contribution in [0.25, 0.3) is 6.08 Å². The number of amides is 3. The van der Waals surface area contributed by atoms with Gasteiger partial charge < -0.3 is 10.2 Å². The number of nitro benzene ring substituents is 1. The first kappa shape index (κ1) is 23.5. The first-order chi connectivity index (χ1) is 16.3. The molecule has 2 aromatic rings. The monoisotopic (exact) mass is 480 g/mol. The molecule has 0 atom stereocenters. The molecule has 2 aromatic carbocycles. The summed E-state index contributed by atoms with van der Waals surface area (Å²) in [5, 5.41) is 13.8. The Balaban J connectivity index is 1.50. The molecule has 0 saturated carbocycles. The second kappa shape index (κ2) is 10.1. The summed E-state index contributed by atoms with van der Waals surface area (Å²) >= 11 is 0.713. The number of hydrogen-bond acceptors (Lipinski definition) is 7. The predicted molar refractivity (Wildman–Crippen MR) is 132 cm³/mol. The van der Waals surface area contributed by atoms with E-state index in [1.165, 1.54) is 12.1 Å². The molecule has 0 unspecified atom stereocenters. The molecule has 2 aliphatic heterocycles. The Kier molecular flexibility index (Phi) is 6.97. The van der Waals surface area contributed by atoms with Crippen LogP contribution in [-0.2, 0) is 9.59 Å². The molecule has 4 rings (SSSR count). The molecule has 2 saturated heterocycles. The molecular formula is C24H24N4O5S. The minimum atomic E-state index is -0.599. The van der Waals surface area contributed by atoms with E-state index in [1.54, 1.807) is 24.3 Å². The third-order valence-electron chi connectivity index (χ3n) is 5.79. The lowest BCUT2D eigenvalue weighted by molar-refractivity contribution is -0.384. The highest BCUT2D eigenvalue weighted by atomic mass is 32.2. The number of rotatable bonds is 6. The highest BCUT2D eigenvalue weighted by molar-refractivity contribution is 8.18. The number of anilines is 2. The lowest BCUT2D eigenvalue weighted by Gasteiger charge is -2.28. The Morgan fingerprint density at radius 1 is 1.15 bits per heavy atom. The molecule has 176 valence electrons. The van der Waals surface area contributed by atoms with Gasteiger partial charge >= 0.3 is 0 Å². The summed E-state index contributed by atoms with van der Waals surface area (Å²) in [5.41, 5.74) is 2.44. The van der Waals surface area contributed by atoms with Crippen molar-refractivity contribution in [3.8, 4) is 0 Å². The van der Waals surface area contributed by atoms with Gasteiger partial charge in [0.05, 0.1) is 9.83 Å². The van der Waals surface area contributed by atoms with Gasteiger partial charge in [-0.1, -0.05) is 24.3 Å². The number of para-hydroxylation sites is 1. The number of nitrogens with one attached hydrogen (secondary N) is 1. The van der Waals surface area contributed by atoms with E-state index in [1.807, 2.05) is 24.0 Å². The van der Waals surface area contributed by atoms with Crippen LogP contribution in [0.1, 0.15) is 30.4 Å². The van der Waals surface area contributed by atoms with Crippen molar-refractivity contribution >= 4 is 52.0 Å². The summed E-state index contributed by atoms with van der Waals surface area (Å²) in [5.74, 6) is -1.09. The average Bonchev–Trinajstić information content (AvgIpc) is 3.08. The molecule has 2 fully saturated rings. The number of aryl methyl sites for hydroxylation is 1. The second-order valence-corrected chi connectivity index (χ2v) is 9.18. The van der Waals surface area contributed by atoms with Crippen LogP contribution in [0.4, 0.5) is 21.9 Å². The third kappa shape index (κ3) is 5.12. The standard InChI is InChI=1S/C24H24N4O5S/c1-16-7-3-4-8-18(16)25-22(29)15-27-23(30)21(34-24(27)31)14-17-9-10-19(20(13-17)28(32)33)26-11-5-2-6-12-26/h3-4,7-10,13-14H,2,5-6,11-12,15H2,1H3,(H,25,29). The maximum absolute atomic E-state index is 12.8. The van der Waals surface area contributed by atoms with Crippen molar-refractivity contribution in [3.63, 3.8) is 0 Å². The summed E-state index contributed by atoms with van der Waals surface area (Å²) in [6, 6.07) is 12.0. The highest BCUT2D eigenvalue weighted by Crippen LogP contribution is 2.35. The van der Waals surface area contributed by atoms with Crippen LogP contribution in [0.3, 0.4) is 0 Å². The van der Waals surface area contributed by atoms with Crippen molar-refractivity contribution in [1.29, 1.82) is 0 Å². The Hall–Kier alpha value is -3.66. The molecule has 9 nitrogen and oxygen atoms in total. The van der Waals surface area contributed by atoms with Gasteiger partial charge in [0.25, 0.3) is 16.8 Å². The number of thioether (sulfide) groups is 1. The van der Waals surface area contributed by atoms with Gasteiger partial charge in [0, 0.05) is 24.8 Å². The number of imide groups is 1. The fourth-order valence-electron chi connectivity index (χ4n) is 4.01. The second-order valence-electron chi connectivity index (χ2n) is 8.18. The van der Waals surface area contributed by atoms with Crippen molar-refractivity contribution < 1.29 is 19.3 Å². The molecule has 2 heterocycles. The minimum Gasteiger partial charge on any atom is -0.366 e. The fourth-order valence-corrected chi connectivity index (χ4v) is 4.85. The van der Waals surface area contributed by atoms with Gasteiger partial charge in [-0.3, -0.25) is 29.4 Å². The molecule has 0 bridgehead atoms. The highest BCUT2D eigenvalue weighted by Gasteiger charge is 2.36. The summed E-state index contributed by atoms with van der Waals surface area (Å²) in [4.78, 5) is 51.9. The molecule has 0 aromatic heterocycles. The third-order valence-corrected chi connectivity index (χ3v) is 6.69. The quantitative estimate of drug-likeness (QED) is 0.366. The SMILES string of the molecule is Cc1ccccc1NC(=O)CN1C(=O)SC(=Cc2ccc(N3CCCCC3)c([N+](=O)[O-])c2)C1=O. The molecule has 34 heavy (non-hydrogen) atoms. The van der Waals surface area contributed by atoms with Gasteiger partial charge in [0.2, 0.25) is 5.91 Å². The molecule has 0 aliphatic carbocycles. The van der Waals surface area contributed by atoms with Gasteiger partial charge in [-0.2, -0.15) is 0 Å². The van der Waals surface area contributed by atoms with E-state index in [-0.39, 0.29) is 10.6 Å². The van der Waals surface area contributed by atoms with E-state index in [0.717, 1.165) is 42.8 Å². The van der Waals surface area contributed by atoms with Crippen LogP contribution in [0.15, 0.2) is 47.4 Å². The number of carbonyl (C=O) groups is 3. The Morgan fingerprint density at radius 3 is 2.59 bits per heavy atom. The van der Waals surface area contributed by atoms with Gasteiger partial charge in [0.15, 0.2) is 0 Å². The zero-order valence-corrected chi connectivity index (χ0v) is 19.5. The van der Waals surface area contributed by atoms with Crippen LogP contribution in [0.2, 0.25) is 0 Å². The number of nitrogens with zero attached hydrogens (tertiary/aromatic N) is 3. The lowest BCUT2D eigenvalue weighted by Crippen LogP contribution is -2.36. The van der Waals surface area contributed by atoms with E-state index < -0.39 is 28.5 Å². The zero-order valence-electron chi connectivity index (χ0n) is 18.7. The van der Waals surface area contributed by atoms with Crippen LogP contribution in [0.5, 0.6) is 0 Å². The van der Waals surface area contributed by atoms with Crippen LogP contribution < -0.4 is 10.2 Å². The summed E-state index contributed by atoms with van der Waals surface area (Å²) < 4.78 is 0. The van der Waals surface area contributed by atoms with Gasteiger partial charge in [-0.15, -0.1) is 0 Å². The molecule has 10 heteroatoms. The Bertz CT molecular complexity index is 1190. The van der Waals surface area contributed by atoms with E-state index in [9.17, 15) is 24.5 Å². The molecule has 2 aliphatic rings. The number of carbonyl (C=O) groups excluding carboxylic acids is 3.